The highest BCUT2D eigenvalue weighted by Crippen LogP contribution is 2.29. The van der Waals surface area contributed by atoms with E-state index in [0.29, 0.717) is 11.3 Å². The number of ether oxygens (including phenoxy) is 1. The van der Waals surface area contributed by atoms with Gasteiger partial charge in [0.25, 0.3) is 0 Å². The average molecular weight is 399 g/mol. The molecule has 0 aliphatic rings. The van der Waals surface area contributed by atoms with Crippen LogP contribution in [0, 0.1) is 9.39 Å². The van der Waals surface area contributed by atoms with E-state index in [1.807, 2.05) is 24.3 Å². The van der Waals surface area contributed by atoms with Gasteiger partial charge in [-0.1, -0.05) is 31.2 Å². The van der Waals surface area contributed by atoms with Crippen LogP contribution in [0.1, 0.15) is 30.5 Å². The highest BCUT2D eigenvalue weighted by molar-refractivity contribution is 14.1. The molecule has 1 N–H and O–H groups in total. The summed E-state index contributed by atoms with van der Waals surface area (Å²) < 4.78 is 20.6. The van der Waals surface area contributed by atoms with Crippen molar-refractivity contribution in [1.29, 1.82) is 0 Å². The number of rotatable bonds is 6. The van der Waals surface area contributed by atoms with Gasteiger partial charge in [-0.15, -0.1) is 0 Å². The third-order valence-electron chi connectivity index (χ3n) is 3.33. The largest absolute Gasteiger partial charge is 0.497 e. The predicted octanol–water partition coefficient (Wildman–Crippen LogP) is 4.53. The fraction of sp³-hybridized carbons (Fsp3) is 0.294. The van der Waals surface area contributed by atoms with Gasteiger partial charge in [0.05, 0.1) is 13.2 Å². The van der Waals surface area contributed by atoms with E-state index in [9.17, 15) is 4.39 Å². The SMILES string of the molecule is CCCNC(c1ccc(OC)cc1F)c1ccccc1I. The molecule has 112 valence electrons. The van der Waals surface area contributed by atoms with Crippen molar-refractivity contribution in [1.82, 2.24) is 5.32 Å². The summed E-state index contributed by atoms with van der Waals surface area (Å²) in [7, 11) is 1.54. The molecule has 0 saturated carbocycles. The number of nitrogens with one attached hydrogen (secondary N) is 1. The van der Waals surface area contributed by atoms with Crippen LogP contribution in [0.15, 0.2) is 42.5 Å². The Morgan fingerprint density at radius 1 is 1.19 bits per heavy atom. The maximum Gasteiger partial charge on any atom is 0.132 e. The topological polar surface area (TPSA) is 21.3 Å². The second-order valence-corrected chi connectivity index (χ2v) is 5.96. The summed E-state index contributed by atoms with van der Waals surface area (Å²) in [5.74, 6) is 0.288. The Hall–Kier alpha value is -1.14. The fourth-order valence-corrected chi connectivity index (χ4v) is 2.95. The van der Waals surface area contributed by atoms with Crippen molar-refractivity contribution in [2.75, 3.05) is 13.7 Å². The molecular weight excluding hydrogens is 380 g/mol. The van der Waals surface area contributed by atoms with Crippen molar-refractivity contribution in [2.45, 2.75) is 19.4 Å². The summed E-state index contributed by atoms with van der Waals surface area (Å²) in [4.78, 5) is 0. The second-order valence-electron chi connectivity index (χ2n) is 4.80. The van der Waals surface area contributed by atoms with Crippen LogP contribution >= 0.6 is 22.6 Å². The minimum absolute atomic E-state index is 0.149. The normalized spacial score (nSPS) is 12.2. The zero-order valence-corrected chi connectivity index (χ0v) is 14.4. The molecule has 0 amide bonds. The van der Waals surface area contributed by atoms with E-state index in [1.165, 1.54) is 6.07 Å². The van der Waals surface area contributed by atoms with E-state index < -0.39 is 0 Å². The van der Waals surface area contributed by atoms with Crippen molar-refractivity contribution in [3.05, 3.63) is 63.0 Å². The van der Waals surface area contributed by atoms with Crippen molar-refractivity contribution < 1.29 is 9.13 Å². The molecule has 2 aromatic rings. The van der Waals surface area contributed by atoms with E-state index in [-0.39, 0.29) is 11.9 Å². The molecule has 0 fully saturated rings. The molecule has 2 rings (SSSR count). The van der Waals surface area contributed by atoms with Gasteiger partial charge in [0.15, 0.2) is 0 Å². The maximum atomic E-state index is 14.4. The van der Waals surface area contributed by atoms with E-state index >= 15 is 0 Å². The van der Waals surface area contributed by atoms with Crippen LogP contribution in [-0.4, -0.2) is 13.7 Å². The second kappa shape index (κ2) is 7.75. The monoisotopic (exact) mass is 399 g/mol. The van der Waals surface area contributed by atoms with Gasteiger partial charge in [-0.25, -0.2) is 4.39 Å². The van der Waals surface area contributed by atoms with E-state index in [4.69, 9.17) is 4.74 Å². The van der Waals surface area contributed by atoms with Crippen LogP contribution < -0.4 is 10.1 Å². The number of methoxy groups -OCH3 is 1. The quantitative estimate of drug-likeness (QED) is 0.721. The van der Waals surface area contributed by atoms with E-state index in [2.05, 4.69) is 34.8 Å². The van der Waals surface area contributed by atoms with Crippen LogP contribution in [-0.2, 0) is 0 Å². The minimum Gasteiger partial charge on any atom is -0.497 e. The van der Waals surface area contributed by atoms with Crippen molar-refractivity contribution >= 4 is 22.6 Å². The molecule has 0 aliphatic carbocycles. The number of benzene rings is 2. The Labute approximate surface area is 138 Å². The zero-order valence-electron chi connectivity index (χ0n) is 12.2. The molecule has 0 aromatic heterocycles. The van der Waals surface area contributed by atoms with Crippen molar-refractivity contribution in [2.24, 2.45) is 0 Å². The molecule has 2 aromatic carbocycles. The molecule has 0 heterocycles. The summed E-state index contributed by atoms with van der Waals surface area (Å²) >= 11 is 2.29. The van der Waals surface area contributed by atoms with Gasteiger partial charge in [-0.2, -0.15) is 0 Å². The van der Waals surface area contributed by atoms with Gasteiger partial charge in [0.2, 0.25) is 0 Å². The molecule has 0 spiro atoms. The summed E-state index contributed by atoms with van der Waals surface area (Å²) in [6, 6.07) is 12.9. The fourth-order valence-electron chi connectivity index (χ4n) is 2.25. The summed E-state index contributed by atoms with van der Waals surface area (Å²) in [6.07, 6.45) is 0.998. The Bertz CT molecular complexity index is 603. The van der Waals surface area contributed by atoms with Gasteiger partial charge in [-0.3, -0.25) is 0 Å². The van der Waals surface area contributed by atoms with Gasteiger partial charge in [0, 0.05) is 15.2 Å². The molecule has 2 nitrogen and oxygen atoms in total. The Balaban J connectivity index is 2.43. The highest BCUT2D eigenvalue weighted by atomic mass is 127. The van der Waals surface area contributed by atoms with Crippen LogP contribution in [0.2, 0.25) is 0 Å². The zero-order chi connectivity index (χ0) is 15.2. The maximum absolute atomic E-state index is 14.4. The summed E-state index contributed by atoms with van der Waals surface area (Å²) in [5.41, 5.74) is 1.74. The first-order valence-corrected chi connectivity index (χ1v) is 8.06. The first kappa shape index (κ1) is 16.2. The smallest absolute Gasteiger partial charge is 0.132 e. The van der Waals surface area contributed by atoms with E-state index in [1.54, 1.807) is 19.2 Å². The summed E-state index contributed by atoms with van der Waals surface area (Å²) in [5, 5.41) is 3.44. The predicted molar refractivity (Wildman–Crippen MR) is 92.2 cm³/mol. The lowest BCUT2D eigenvalue weighted by molar-refractivity contribution is 0.410. The minimum atomic E-state index is -0.248. The lowest BCUT2D eigenvalue weighted by atomic mass is 9.98. The molecule has 0 aliphatic heterocycles. The standard InChI is InChI=1S/C17H19FINO/c1-3-10-20-17(14-6-4-5-7-16(14)19)13-9-8-12(21-2)11-15(13)18/h4-9,11,17,20H,3,10H2,1-2H3. The van der Waals surface area contributed by atoms with Crippen molar-refractivity contribution in [3.8, 4) is 5.75 Å². The Kier molecular flexibility index (Phi) is 5.99. The first-order valence-electron chi connectivity index (χ1n) is 6.98. The number of halogens is 2. The molecule has 0 bridgehead atoms. The van der Waals surface area contributed by atoms with Gasteiger partial charge >= 0.3 is 0 Å². The first-order chi connectivity index (χ1) is 10.2. The highest BCUT2D eigenvalue weighted by Gasteiger charge is 2.19. The lowest BCUT2D eigenvalue weighted by Crippen LogP contribution is -2.24. The molecule has 1 atom stereocenters. The Morgan fingerprint density at radius 3 is 2.57 bits per heavy atom. The average Bonchev–Trinajstić information content (AvgIpc) is 2.50. The third-order valence-corrected chi connectivity index (χ3v) is 4.32. The molecule has 0 saturated heterocycles. The molecule has 4 heteroatoms. The van der Waals surface area contributed by atoms with Crippen molar-refractivity contribution in [3.63, 3.8) is 0 Å². The number of hydrogen-bond acceptors (Lipinski definition) is 2. The van der Waals surface area contributed by atoms with E-state index in [0.717, 1.165) is 22.1 Å². The Morgan fingerprint density at radius 2 is 1.95 bits per heavy atom. The number of hydrogen-bond donors (Lipinski definition) is 1. The molecule has 21 heavy (non-hydrogen) atoms. The van der Waals surface area contributed by atoms with Gasteiger partial charge in [0.1, 0.15) is 11.6 Å². The lowest BCUT2D eigenvalue weighted by Gasteiger charge is -2.21. The molecule has 1 unspecified atom stereocenters. The van der Waals surface area contributed by atoms with Crippen LogP contribution in [0.3, 0.4) is 0 Å². The third kappa shape index (κ3) is 3.95. The van der Waals surface area contributed by atoms with Crippen LogP contribution in [0.5, 0.6) is 5.75 Å². The van der Waals surface area contributed by atoms with Gasteiger partial charge < -0.3 is 10.1 Å². The van der Waals surface area contributed by atoms with Crippen LogP contribution in [0.4, 0.5) is 4.39 Å². The molecular formula is C17H19FINO. The van der Waals surface area contributed by atoms with Gasteiger partial charge in [-0.05, 0) is 53.3 Å². The summed E-state index contributed by atoms with van der Waals surface area (Å²) in [6.45, 7) is 2.94. The molecule has 0 radical (unpaired) electrons. The van der Waals surface area contributed by atoms with Crippen LogP contribution in [0.25, 0.3) is 0 Å².